The Morgan fingerprint density at radius 1 is 1.24 bits per heavy atom. The molecule has 1 atom stereocenters. The molecule has 1 aromatic carbocycles. The van der Waals surface area contributed by atoms with Crippen molar-refractivity contribution in [2.75, 3.05) is 5.32 Å². The Bertz CT molecular complexity index is 629. The molecule has 0 saturated heterocycles. The second kappa shape index (κ2) is 6.13. The molecule has 3 N–H and O–H groups in total. The zero-order chi connectivity index (χ0) is 15.4. The van der Waals surface area contributed by atoms with Crippen LogP contribution < -0.4 is 10.6 Å². The molecule has 0 aliphatic carbocycles. The standard InChI is InChI=1S/C15H16N2O4/c1-9-5-3-6-11(18)13(9)17-14(19)10(2)16-15(20)12-7-4-8-21-12/h3-8,10,18H,1-2H3,(H,16,20)(H,17,19). The number of hydrogen-bond donors (Lipinski definition) is 3. The monoisotopic (exact) mass is 288 g/mol. The van der Waals surface area contributed by atoms with E-state index in [4.69, 9.17) is 4.42 Å². The normalized spacial score (nSPS) is 11.7. The highest BCUT2D eigenvalue weighted by molar-refractivity contribution is 6.00. The van der Waals surface area contributed by atoms with E-state index in [1.165, 1.54) is 18.4 Å². The first-order chi connectivity index (χ1) is 9.99. The summed E-state index contributed by atoms with van der Waals surface area (Å²) in [5, 5.41) is 14.8. The predicted molar refractivity (Wildman–Crippen MR) is 77.1 cm³/mol. The van der Waals surface area contributed by atoms with Crippen molar-refractivity contribution in [1.82, 2.24) is 5.32 Å². The van der Waals surface area contributed by atoms with Gasteiger partial charge in [0.2, 0.25) is 5.91 Å². The van der Waals surface area contributed by atoms with Gasteiger partial charge in [-0.2, -0.15) is 0 Å². The number of aromatic hydroxyl groups is 1. The lowest BCUT2D eigenvalue weighted by Gasteiger charge is -2.15. The van der Waals surface area contributed by atoms with Crippen molar-refractivity contribution < 1.29 is 19.1 Å². The van der Waals surface area contributed by atoms with Crippen LogP contribution in [0.15, 0.2) is 41.0 Å². The number of amides is 2. The quantitative estimate of drug-likeness (QED) is 0.751. The molecule has 2 aromatic rings. The maximum absolute atomic E-state index is 12.1. The number of benzene rings is 1. The number of hydrogen-bond acceptors (Lipinski definition) is 4. The fourth-order valence-corrected chi connectivity index (χ4v) is 1.79. The van der Waals surface area contributed by atoms with Crippen LogP contribution in [0.4, 0.5) is 5.69 Å². The van der Waals surface area contributed by atoms with Crippen LogP contribution in [0.25, 0.3) is 0 Å². The second-order valence-electron chi connectivity index (χ2n) is 4.63. The van der Waals surface area contributed by atoms with Gasteiger partial charge in [-0.05, 0) is 37.6 Å². The molecule has 2 rings (SSSR count). The third kappa shape index (κ3) is 3.42. The van der Waals surface area contributed by atoms with Gasteiger partial charge < -0.3 is 20.2 Å². The van der Waals surface area contributed by atoms with Crippen LogP contribution in [0.1, 0.15) is 23.0 Å². The molecule has 0 aliphatic rings. The van der Waals surface area contributed by atoms with E-state index in [0.29, 0.717) is 5.69 Å². The van der Waals surface area contributed by atoms with E-state index in [1.54, 1.807) is 32.0 Å². The molecule has 0 bridgehead atoms. The highest BCUT2D eigenvalue weighted by Gasteiger charge is 2.19. The molecule has 0 saturated carbocycles. The Labute approximate surface area is 121 Å². The van der Waals surface area contributed by atoms with Crippen molar-refractivity contribution in [2.24, 2.45) is 0 Å². The predicted octanol–water partition coefficient (Wildman–Crippen LogP) is 2.05. The summed E-state index contributed by atoms with van der Waals surface area (Å²) in [5.74, 6) is -0.794. The molecule has 6 heteroatoms. The van der Waals surface area contributed by atoms with Crippen LogP contribution >= 0.6 is 0 Å². The number of rotatable bonds is 4. The molecule has 0 spiro atoms. The molecule has 1 unspecified atom stereocenters. The van der Waals surface area contributed by atoms with E-state index >= 15 is 0 Å². The first-order valence-electron chi connectivity index (χ1n) is 6.43. The average molecular weight is 288 g/mol. The summed E-state index contributed by atoms with van der Waals surface area (Å²) in [7, 11) is 0. The number of phenolic OH excluding ortho intramolecular Hbond substituents is 1. The van der Waals surface area contributed by atoms with Crippen LogP contribution in [0.2, 0.25) is 0 Å². The molecule has 21 heavy (non-hydrogen) atoms. The van der Waals surface area contributed by atoms with Gasteiger partial charge in [0.05, 0.1) is 12.0 Å². The Kier molecular flexibility index (Phi) is 4.27. The van der Waals surface area contributed by atoms with Crippen LogP contribution in [0, 0.1) is 6.92 Å². The number of carbonyl (C=O) groups is 2. The minimum Gasteiger partial charge on any atom is -0.506 e. The molecule has 0 aliphatic heterocycles. The van der Waals surface area contributed by atoms with E-state index < -0.39 is 17.9 Å². The molecular formula is C15H16N2O4. The highest BCUT2D eigenvalue weighted by atomic mass is 16.3. The zero-order valence-corrected chi connectivity index (χ0v) is 11.7. The Morgan fingerprint density at radius 3 is 2.62 bits per heavy atom. The fourth-order valence-electron chi connectivity index (χ4n) is 1.79. The van der Waals surface area contributed by atoms with Gasteiger partial charge in [-0.15, -0.1) is 0 Å². The maximum atomic E-state index is 12.1. The number of furan rings is 1. The van der Waals surface area contributed by atoms with Crippen LogP contribution in [0.3, 0.4) is 0 Å². The number of aryl methyl sites for hydroxylation is 1. The van der Waals surface area contributed by atoms with Crippen molar-refractivity contribution in [3.63, 3.8) is 0 Å². The summed E-state index contributed by atoms with van der Waals surface area (Å²) in [6.07, 6.45) is 1.38. The van der Waals surface area contributed by atoms with Gasteiger partial charge in [0, 0.05) is 0 Å². The Hall–Kier alpha value is -2.76. The summed E-state index contributed by atoms with van der Waals surface area (Å²) in [6.45, 7) is 3.31. The van der Waals surface area contributed by atoms with E-state index in [0.717, 1.165) is 5.56 Å². The van der Waals surface area contributed by atoms with Crippen molar-refractivity contribution in [3.8, 4) is 5.75 Å². The van der Waals surface area contributed by atoms with Gasteiger partial charge in [-0.3, -0.25) is 9.59 Å². The molecule has 6 nitrogen and oxygen atoms in total. The first-order valence-corrected chi connectivity index (χ1v) is 6.43. The molecule has 1 aromatic heterocycles. The van der Waals surface area contributed by atoms with Crippen molar-refractivity contribution >= 4 is 17.5 Å². The number of para-hydroxylation sites is 1. The lowest BCUT2D eigenvalue weighted by atomic mass is 10.1. The summed E-state index contributed by atoms with van der Waals surface area (Å²) in [6, 6.07) is 7.25. The zero-order valence-electron chi connectivity index (χ0n) is 11.7. The van der Waals surface area contributed by atoms with E-state index in [1.807, 2.05) is 0 Å². The number of anilines is 1. The fraction of sp³-hybridized carbons (Fsp3) is 0.200. The molecule has 110 valence electrons. The molecule has 0 radical (unpaired) electrons. The summed E-state index contributed by atoms with van der Waals surface area (Å²) in [4.78, 5) is 23.8. The molecule has 1 heterocycles. The minimum absolute atomic E-state index is 0.0205. The third-order valence-corrected chi connectivity index (χ3v) is 2.98. The van der Waals surface area contributed by atoms with Crippen LogP contribution in [-0.4, -0.2) is 23.0 Å². The van der Waals surface area contributed by atoms with Crippen LogP contribution in [0.5, 0.6) is 5.75 Å². The lowest BCUT2D eigenvalue weighted by molar-refractivity contribution is -0.117. The van der Waals surface area contributed by atoms with Crippen molar-refractivity contribution in [3.05, 3.63) is 47.9 Å². The van der Waals surface area contributed by atoms with Gasteiger partial charge in [0.1, 0.15) is 11.8 Å². The summed E-state index contributed by atoms with van der Waals surface area (Å²) in [5.41, 5.74) is 1.06. The Balaban J connectivity index is 2.01. The van der Waals surface area contributed by atoms with Crippen LogP contribution in [-0.2, 0) is 4.79 Å². The molecule has 2 amide bonds. The third-order valence-electron chi connectivity index (χ3n) is 2.98. The molecular weight excluding hydrogens is 272 g/mol. The number of phenols is 1. The van der Waals surface area contributed by atoms with Gasteiger partial charge in [0.25, 0.3) is 5.91 Å². The lowest BCUT2D eigenvalue weighted by Crippen LogP contribution is -2.41. The smallest absolute Gasteiger partial charge is 0.287 e. The van der Waals surface area contributed by atoms with E-state index in [-0.39, 0.29) is 11.5 Å². The first kappa shape index (κ1) is 14.6. The average Bonchev–Trinajstić information content (AvgIpc) is 2.97. The number of nitrogens with one attached hydrogen (secondary N) is 2. The topological polar surface area (TPSA) is 91.6 Å². The van der Waals surface area contributed by atoms with Crippen molar-refractivity contribution in [1.29, 1.82) is 0 Å². The molecule has 0 fully saturated rings. The maximum Gasteiger partial charge on any atom is 0.287 e. The summed E-state index contributed by atoms with van der Waals surface area (Å²) < 4.78 is 4.95. The van der Waals surface area contributed by atoms with Gasteiger partial charge >= 0.3 is 0 Å². The van der Waals surface area contributed by atoms with Gasteiger partial charge in [-0.25, -0.2) is 0 Å². The minimum atomic E-state index is -0.776. The Morgan fingerprint density at radius 2 is 2.00 bits per heavy atom. The highest BCUT2D eigenvalue weighted by Crippen LogP contribution is 2.26. The largest absolute Gasteiger partial charge is 0.506 e. The SMILES string of the molecule is Cc1cccc(O)c1NC(=O)C(C)NC(=O)c1ccco1. The van der Waals surface area contributed by atoms with E-state index in [9.17, 15) is 14.7 Å². The van der Waals surface area contributed by atoms with Gasteiger partial charge in [-0.1, -0.05) is 12.1 Å². The van der Waals surface area contributed by atoms with E-state index in [2.05, 4.69) is 10.6 Å². The number of carbonyl (C=O) groups excluding carboxylic acids is 2. The van der Waals surface area contributed by atoms with Gasteiger partial charge in [0.15, 0.2) is 5.76 Å². The van der Waals surface area contributed by atoms with Crippen molar-refractivity contribution in [2.45, 2.75) is 19.9 Å². The second-order valence-corrected chi connectivity index (χ2v) is 4.63. The summed E-state index contributed by atoms with van der Waals surface area (Å²) >= 11 is 0.